The normalized spacial score (nSPS) is 12.5. The predicted molar refractivity (Wildman–Crippen MR) is 79.0 cm³/mol. The Labute approximate surface area is 122 Å². The lowest BCUT2D eigenvalue weighted by Crippen LogP contribution is -2.18. The summed E-state index contributed by atoms with van der Waals surface area (Å²) in [4.78, 5) is 0. The number of benzene rings is 1. The summed E-state index contributed by atoms with van der Waals surface area (Å²) < 4.78 is 21.1. The first-order chi connectivity index (χ1) is 10.2. The Morgan fingerprint density at radius 2 is 2.10 bits per heavy atom. The Hall–Kier alpha value is -2.40. The Kier molecular flexibility index (Phi) is 3.58. The van der Waals surface area contributed by atoms with Crippen molar-refractivity contribution >= 4 is 5.52 Å². The lowest BCUT2D eigenvalue weighted by atomic mass is 9.99. The van der Waals surface area contributed by atoms with E-state index in [1.54, 1.807) is 29.9 Å². The third kappa shape index (κ3) is 2.36. The third-order valence-electron chi connectivity index (χ3n) is 3.57. The number of pyridine rings is 1. The lowest BCUT2D eigenvalue weighted by Gasteiger charge is -2.17. The lowest BCUT2D eigenvalue weighted by molar-refractivity contribution is 0.410. The summed E-state index contributed by atoms with van der Waals surface area (Å²) in [5.74, 6) is 0.204. The van der Waals surface area contributed by atoms with E-state index in [1.165, 1.54) is 13.2 Å². The summed E-state index contributed by atoms with van der Waals surface area (Å²) in [6.45, 7) is 0. The average molecular weight is 285 g/mol. The van der Waals surface area contributed by atoms with Crippen LogP contribution >= 0.6 is 0 Å². The Morgan fingerprint density at radius 1 is 1.24 bits per heavy atom. The quantitative estimate of drug-likeness (QED) is 0.801. The number of halogens is 1. The van der Waals surface area contributed by atoms with Crippen LogP contribution in [0.1, 0.15) is 17.2 Å². The van der Waals surface area contributed by atoms with E-state index in [4.69, 9.17) is 4.74 Å². The average Bonchev–Trinajstić information content (AvgIpc) is 2.94. The molecule has 0 saturated carbocycles. The van der Waals surface area contributed by atoms with Crippen molar-refractivity contribution in [3.8, 4) is 5.75 Å². The minimum Gasteiger partial charge on any atom is -0.497 e. The second-order valence-corrected chi connectivity index (χ2v) is 4.74. The molecule has 1 N–H and O–H groups in total. The number of hydrogen-bond acceptors (Lipinski definition) is 3. The summed E-state index contributed by atoms with van der Waals surface area (Å²) >= 11 is 0. The first-order valence-corrected chi connectivity index (χ1v) is 6.67. The molecule has 2 heterocycles. The minimum absolute atomic E-state index is 0.268. The van der Waals surface area contributed by atoms with Crippen LogP contribution in [-0.2, 0) is 0 Å². The molecule has 0 fully saturated rings. The van der Waals surface area contributed by atoms with Crippen molar-refractivity contribution in [2.45, 2.75) is 6.04 Å². The molecule has 4 nitrogen and oxygen atoms in total. The Bertz CT molecular complexity index is 769. The van der Waals surface area contributed by atoms with E-state index in [9.17, 15) is 4.39 Å². The summed E-state index contributed by atoms with van der Waals surface area (Å²) in [5, 5.41) is 7.46. The van der Waals surface area contributed by atoms with Crippen molar-refractivity contribution in [1.29, 1.82) is 0 Å². The number of nitrogens with one attached hydrogen (secondary N) is 1. The van der Waals surface area contributed by atoms with Crippen LogP contribution in [-0.4, -0.2) is 23.8 Å². The van der Waals surface area contributed by atoms with Crippen LogP contribution in [0.4, 0.5) is 4.39 Å². The van der Waals surface area contributed by atoms with Crippen LogP contribution in [0.5, 0.6) is 5.75 Å². The smallest absolute Gasteiger partial charge is 0.132 e. The zero-order valence-corrected chi connectivity index (χ0v) is 11.9. The van der Waals surface area contributed by atoms with E-state index in [2.05, 4.69) is 10.4 Å². The molecule has 0 spiro atoms. The maximum Gasteiger partial charge on any atom is 0.132 e. The van der Waals surface area contributed by atoms with E-state index in [1.807, 2.05) is 24.4 Å². The summed E-state index contributed by atoms with van der Waals surface area (Å²) in [6.07, 6.45) is 3.64. The van der Waals surface area contributed by atoms with Gasteiger partial charge in [-0.2, -0.15) is 5.10 Å². The van der Waals surface area contributed by atoms with Gasteiger partial charge in [-0.15, -0.1) is 0 Å². The topological polar surface area (TPSA) is 38.6 Å². The molecule has 5 heteroatoms. The fraction of sp³-hybridized carbons (Fsp3) is 0.188. The fourth-order valence-corrected chi connectivity index (χ4v) is 2.52. The molecule has 3 aromatic rings. The highest BCUT2D eigenvalue weighted by molar-refractivity contribution is 5.57. The van der Waals surface area contributed by atoms with Gasteiger partial charge in [0.2, 0.25) is 0 Å². The monoisotopic (exact) mass is 285 g/mol. The van der Waals surface area contributed by atoms with Gasteiger partial charge in [-0.25, -0.2) is 8.91 Å². The van der Waals surface area contributed by atoms with Crippen LogP contribution in [0.3, 0.4) is 0 Å². The van der Waals surface area contributed by atoms with Crippen LogP contribution in [0.15, 0.2) is 48.8 Å². The van der Waals surface area contributed by atoms with Crippen molar-refractivity contribution in [2.75, 3.05) is 14.2 Å². The molecule has 0 amide bonds. The summed E-state index contributed by atoms with van der Waals surface area (Å²) in [6, 6.07) is 10.4. The van der Waals surface area contributed by atoms with E-state index >= 15 is 0 Å². The van der Waals surface area contributed by atoms with Crippen molar-refractivity contribution in [1.82, 2.24) is 14.9 Å². The van der Waals surface area contributed by atoms with Gasteiger partial charge in [-0.1, -0.05) is 12.1 Å². The maximum absolute atomic E-state index is 14.3. The van der Waals surface area contributed by atoms with Gasteiger partial charge in [-0.3, -0.25) is 0 Å². The molecule has 0 aliphatic carbocycles. The van der Waals surface area contributed by atoms with E-state index in [0.29, 0.717) is 11.3 Å². The number of fused-ring (bicyclic) bond motifs is 1. The SMILES string of the molecule is CNC(c1ccc(OC)cc1F)c1cnn2ccccc12. The largest absolute Gasteiger partial charge is 0.497 e. The molecule has 1 aromatic carbocycles. The van der Waals surface area contributed by atoms with E-state index in [-0.39, 0.29) is 11.9 Å². The highest BCUT2D eigenvalue weighted by Gasteiger charge is 2.20. The Balaban J connectivity index is 2.10. The molecule has 0 aliphatic heterocycles. The van der Waals surface area contributed by atoms with Gasteiger partial charge in [-0.05, 0) is 25.2 Å². The van der Waals surface area contributed by atoms with E-state index < -0.39 is 0 Å². The molecule has 21 heavy (non-hydrogen) atoms. The standard InChI is InChI=1S/C16H16FN3O/c1-18-16(12-7-6-11(21-2)9-14(12)17)13-10-19-20-8-4-3-5-15(13)20/h3-10,16,18H,1-2H3. The molecule has 0 radical (unpaired) electrons. The van der Waals surface area contributed by atoms with Gasteiger partial charge in [0.15, 0.2) is 0 Å². The van der Waals surface area contributed by atoms with Gasteiger partial charge < -0.3 is 10.1 Å². The summed E-state index contributed by atoms with van der Waals surface area (Å²) in [7, 11) is 3.33. The molecule has 108 valence electrons. The van der Waals surface area contributed by atoms with Crippen LogP contribution in [0, 0.1) is 5.82 Å². The molecule has 1 unspecified atom stereocenters. The molecule has 0 aliphatic rings. The second-order valence-electron chi connectivity index (χ2n) is 4.74. The highest BCUT2D eigenvalue weighted by atomic mass is 19.1. The van der Waals surface area contributed by atoms with Gasteiger partial charge in [0.1, 0.15) is 11.6 Å². The van der Waals surface area contributed by atoms with Crippen LogP contribution < -0.4 is 10.1 Å². The second kappa shape index (κ2) is 5.54. The maximum atomic E-state index is 14.3. The highest BCUT2D eigenvalue weighted by Crippen LogP contribution is 2.29. The predicted octanol–water partition coefficient (Wildman–Crippen LogP) is 2.79. The zero-order chi connectivity index (χ0) is 14.8. The Morgan fingerprint density at radius 3 is 2.81 bits per heavy atom. The molecule has 0 bridgehead atoms. The molecular weight excluding hydrogens is 269 g/mol. The van der Waals surface area contributed by atoms with Gasteiger partial charge in [0.05, 0.1) is 24.9 Å². The van der Waals surface area contributed by atoms with Crippen molar-refractivity contribution < 1.29 is 9.13 Å². The van der Waals surface area contributed by atoms with Crippen molar-refractivity contribution in [3.63, 3.8) is 0 Å². The fourth-order valence-electron chi connectivity index (χ4n) is 2.52. The van der Waals surface area contributed by atoms with Crippen LogP contribution in [0.25, 0.3) is 5.52 Å². The van der Waals surface area contributed by atoms with Gasteiger partial charge >= 0.3 is 0 Å². The summed E-state index contributed by atoms with van der Waals surface area (Å²) in [5.41, 5.74) is 2.45. The number of methoxy groups -OCH3 is 1. The number of ether oxygens (including phenoxy) is 1. The first-order valence-electron chi connectivity index (χ1n) is 6.67. The van der Waals surface area contributed by atoms with Gasteiger partial charge in [0.25, 0.3) is 0 Å². The van der Waals surface area contributed by atoms with Crippen molar-refractivity contribution in [2.24, 2.45) is 0 Å². The number of aromatic nitrogens is 2. The minimum atomic E-state index is -0.302. The number of hydrogen-bond donors (Lipinski definition) is 1. The first kappa shape index (κ1) is 13.6. The molecule has 2 aromatic heterocycles. The molecule has 3 rings (SSSR count). The van der Waals surface area contributed by atoms with E-state index in [0.717, 1.165) is 11.1 Å². The van der Waals surface area contributed by atoms with Gasteiger partial charge in [0, 0.05) is 23.4 Å². The third-order valence-corrected chi connectivity index (χ3v) is 3.57. The molecule has 0 saturated heterocycles. The number of nitrogens with zero attached hydrogens (tertiary/aromatic N) is 2. The number of rotatable bonds is 4. The van der Waals surface area contributed by atoms with Crippen LogP contribution in [0.2, 0.25) is 0 Å². The molecule has 1 atom stereocenters. The zero-order valence-electron chi connectivity index (χ0n) is 11.9. The van der Waals surface area contributed by atoms with Crippen molar-refractivity contribution in [3.05, 3.63) is 65.7 Å². The molecular formula is C16H16FN3O.